The van der Waals surface area contributed by atoms with Gasteiger partial charge in [-0.1, -0.05) is 20.8 Å². The van der Waals surface area contributed by atoms with Gasteiger partial charge in [-0.2, -0.15) is 0 Å². The standard InChI is InChI=1S/C13H24N2O/c1-13(2,3)10-15(5)9-11-6-7-16-12(11)8-14-4/h6-7,14H,8-10H2,1-5H3. The average Bonchev–Trinajstić information content (AvgIpc) is 2.50. The van der Waals surface area contributed by atoms with E-state index in [0.29, 0.717) is 5.41 Å². The first-order valence-electron chi connectivity index (χ1n) is 5.81. The quantitative estimate of drug-likeness (QED) is 0.833. The van der Waals surface area contributed by atoms with Crippen LogP contribution < -0.4 is 5.32 Å². The summed E-state index contributed by atoms with van der Waals surface area (Å²) >= 11 is 0. The Kier molecular flexibility index (Phi) is 4.56. The van der Waals surface area contributed by atoms with Gasteiger partial charge in [0.25, 0.3) is 0 Å². The monoisotopic (exact) mass is 224 g/mol. The lowest BCUT2D eigenvalue weighted by molar-refractivity contribution is 0.219. The third-order valence-electron chi connectivity index (χ3n) is 2.36. The molecule has 1 N–H and O–H groups in total. The Bertz CT molecular complexity index is 312. The van der Waals surface area contributed by atoms with Crippen LogP contribution in [-0.4, -0.2) is 25.5 Å². The molecule has 1 aromatic rings. The molecule has 0 fully saturated rings. The lowest BCUT2D eigenvalue weighted by Crippen LogP contribution is -2.29. The van der Waals surface area contributed by atoms with Gasteiger partial charge in [-0.05, 0) is 25.6 Å². The minimum atomic E-state index is 0.335. The third-order valence-corrected chi connectivity index (χ3v) is 2.36. The smallest absolute Gasteiger partial charge is 0.122 e. The maximum absolute atomic E-state index is 5.45. The zero-order valence-corrected chi connectivity index (χ0v) is 11.1. The molecule has 0 amide bonds. The molecule has 0 saturated carbocycles. The summed E-state index contributed by atoms with van der Waals surface area (Å²) < 4.78 is 5.45. The van der Waals surface area contributed by atoms with E-state index >= 15 is 0 Å². The zero-order chi connectivity index (χ0) is 12.2. The van der Waals surface area contributed by atoms with Crippen LogP contribution in [0, 0.1) is 5.41 Å². The van der Waals surface area contributed by atoms with Crippen LogP contribution in [0.2, 0.25) is 0 Å². The lowest BCUT2D eigenvalue weighted by atomic mass is 9.96. The van der Waals surface area contributed by atoms with Gasteiger partial charge in [0.1, 0.15) is 5.76 Å². The van der Waals surface area contributed by atoms with Crippen molar-refractivity contribution in [2.75, 3.05) is 20.6 Å². The lowest BCUT2D eigenvalue weighted by Gasteiger charge is -2.26. The summed E-state index contributed by atoms with van der Waals surface area (Å²) in [6, 6.07) is 2.06. The number of rotatable bonds is 5. The molecule has 0 saturated heterocycles. The Morgan fingerprint density at radius 2 is 2.06 bits per heavy atom. The summed E-state index contributed by atoms with van der Waals surface area (Å²) in [5.41, 5.74) is 1.61. The van der Waals surface area contributed by atoms with Crippen molar-refractivity contribution in [3.8, 4) is 0 Å². The first-order chi connectivity index (χ1) is 7.42. The van der Waals surface area contributed by atoms with Crippen molar-refractivity contribution >= 4 is 0 Å². The van der Waals surface area contributed by atoms with E-state index in [9.17, 15) is 0 Å². The second kappa shape index (κ2) is 5.51. The minimum Gasteiger partial charge on any atom is -0.468 e. The zero-order valence-electron chi connectivity index (χ0n) is 11.1. The molecule has 0 atom stereocenters. The Labute approximate surface area is 98.8 Å². The van der Waals surface area contributed by atoms with Crippen molar-refractivity contribution in [1.82, 2.24) is 10.2 Å². The summed E-state index contributed by atoms with van der Waals surface area (Å²) in [5, 5.41) is 3.12. The fourth-order valence-electron chi connectivity index (χ4n) is 1.98. The average molecular weight is 224 g/mol. The Morgan fingerprint density at radius 3 is 2.62 bits per heavy atom. The van der Waals surface area contributed by atoms with E-state index in [1.54, 1.807) is 6.26 Å². The molecule has 16 heavy (non-hydrogen) atoms. The van der Waals surface area contributed by atoms with Gasteiger partial charge >= 0.3 is 0 Å². The van der Waals surface area contributed by atoms with E-state index < -0.39 is 0 Å². The van der Waals surface area contributed by atoms with E-state index in [0.717, 1.165) is 25.4 Å². The number of hydrogen-bond acceptors (Lipinski definition) is 3. The number of nitrogens with zero attached hydrogens (tertiary/aromatic N) is 1. The molecule has 0 aliphatic rings. The predicted octanol–water partition coefficient (Wildman–Crippen LogP) is 2.48. The molecule has 0 aliphatic heterocycles. The summed E-state index contributed by atoms with van der Waals surface area (Å²) in [6.07, 6.45) is 1.77. The Morgan fingerprint density at radius 1 is 1.38 bits per heavy atom. The van der Waals surface area contributed by atoms with Gasteiger partial charge in [0.2, 0.25) is 0 Å². The first-order valence-corrected chi connectivity index (χ1v) is 5.81. The fraction of sp³-hybridized carbons (Fsp3) is 0.692. The van der Waals surface area contributed by atoms with Gasteiger partial charge in [-0.3, -0.25) is 0 Å². The number of nitrogens with one attached hydrogen (secondary N) is 1. The second-order valence-electron chi connectivity index (χ2n) is 5.63. The molecule has 3 heteroatoms. The van der Waals surface area contributed by atoms with Crippen molar-refractivity contribution in [1.29, 1.82) is 0 Å². The molecule has 0 bridgehead atoms. The molecule has 0 unspecified atom stereocenters. The van der Waals surface area contributed by atoms with Crippen LogP contribution in [0.15, 0.2) is 16.7 Å². The van der Waals surface area contributed by atoms with E-state index in [4.69, 9.17) is 4.42 Å². The summed E-state index contributed by atoms with van der Waals surface area (Å²) in [7, 11) is 4.09. The van der Waals surface area contributed by atoms with Crippen LogP contribution in [-0.2, 0) is 13.1 Å². The third kappa shape index (κ3) is 4.37. The highest BCUT2D eigenvalue weighted by Crippen LogP contribution is 2.18. The van der Waals surface area contributed by atoms with Gasteiger partial charge in [0, 0.05) is 18.7 Å². The van der Waals surface area contributed by atoms with E-state index in [-0.39, 0.29) is 0 Å². The van der Waals surface area contributed by atoms with Crippen LogP contribution in [0.5, 0.6) is 0 Å². The Hall–Kier alpha value is -0.800. The Balaban J connectivity index is 2.55. The van der Waals surface area contributed by atoms with Crippen LogP contribution in [0.25, 0.3) is 0 Å². The molecule has 1 heterocycles. The maximum Gasteiger partial charge on any atom is 0.122 e. The second-order valence-corrected chi connectivity index (χ2v) is 5.63. The van der Waals surface area contributed by atoms with Gasteiger partial charge in [0.15, 0.2) is 0 Å². The SMILES string of the molecule is CNCc1occc1CN(C)CC(C)(C)C. The molecule has 0 aliphatic carbocycles. The van der Waals surface area contributed by atoms with E-state index in [1.807, 2.05) is 7.05 Å². The van der Waals surface area contributed by atoms with Crippen LogP contribution in [0.3, 0.4) is 0 Å². The maximum atomic E-state index is 5.45. The normalized spacial score (nSPS) is 12.4. The molecular formula is C13H24N2O. The van der Waals surface area contributed by atoms with Crippen LogP contribution in [0.1, 0.15) is 32.1 Å². The van der Waals surface area contributed by atoms with Crippen molar-refractivity contribution < 1.29 is 4.42 Å². The first kappa shape index (κ1) is 13.3. The van der Waals surface area contributed by atoms with E-state index in [1.165, 1.54) is 5.56 Å². The van der Waals surface area contributed by atoms with Crippen molar-refractivity contribution in [3.05, 3.63) is 23.7 Å². The summed E-state index contributed by atoms with van der Waals surface area (Å²) in [4.78, 5) is 2.34. The summed E-state index contributed by atoms with van der Waals surface area (Å²) in [6.45, 7) is 9.60. The van der Waals surface area contributed by atoms with Gasteiger partial charge in [-0.25, -0.2) is 0 Å². The molecule has 0 radical (unpaired) electrons. The molecule has 0 spiro atoms. The van der Waals surface area contributed by atoms with Crippen LogP contribution in [0.4, 0.5) is 0 Å². The molecule has 1 aromatic heterocycles. The van der Waals surface area contributed by atoms with E-state index in [2.05, 4.69) is 44.1 Å². The minimum absolute atomic E-state index is 0.335. The van der Waals surface area contributed by atoms with Gasteiger partial charge in [0.05, 0.1) is 12.8 Å². The molecule has 0 aromatic carbocycles. The number of furan rings is 1. The highest BCUT2D eigenvalue weighted by molar-refractivity contribution is 5.16. The predicted molar refractivity (Wildman–Crippen MR) is 67.3 cm³/mol. The largest absolute Gasteiger partial charge is 0.468 e. The highest BCUT2D eigenvalue weighted by atomic mass is 16.3. The van der Waals surface area contributed by atoms with Crippen molar-refractivity contribution in [3.63, 3.8) is 0 Å². The van der Waals surface area contributed by atoms with Gasteiger partial charge < -0.3 is 14.6 Å². The molecule has 3 nitrogen and oxygen atoms in total. The summed E-state index contributed by atoms with van der Waals surface area (Å²) in [5.74, 6) is 1.04. The number of hydrogen-bond donors (Lipinski definition) is 1. The molecular weight excluding hydrogens is 200 g/mol. The molecule has 92 valence electrons. The van der Waals surface area contributed by atoms with Crippen LogP contribution >= 0.6 is 0 Å². The van der Waals surface area contributed by atoms with Crippen molar-refractivity contribution in [2.24, 2.45) is 5.41 Å². The highest BCUT2D eigenvalue weighted by Gasteiger charge is 2.15. The van der Waals surface area contributed by atoms with Gasteiger partial charge in [-0.15, -0.1) is 0 Å². The topological polar surface area (TPSA) is 28.4 Å². The molecule has 1 rings (SSSR count). The fourth-order valence-corrected chi connectivity index (χ4v) is 1.98. The van der Waals surface area contributed by atoms with Crippen molar-refractivity contribution in [2.45, 2.75) is 33.9 Å².